The number of benzene rings is 1. The van der Waals surface area contributed by atoms with Gasteiger partial charge < -0.3 is 24.3 Å². The summed E-state index contributed by atoms with van der Waals surface area (Å²) in [6.45, 7) is 2.21. The summed E-state index contributed by atoms with van der Waals surface area (Å²) < 4.78 is 30.9. The van der Waals surface area contributed by atoms with Gasteiger partial charge in [0.05, 0.1) is 41.3 Å². The number of carbonyl (C=O) groups excluding carboxylic acids is 2. The molecular formula is C29H29FN4O5. The lowest BCUT2D eigenvalue weighted by Gasteiger charge is -2.23. The van der Waals surface area contributed by atoms with Crippen molar-refractivity contribution in [2.45, 2.75) is 58.0 Å². The van der Waals surface area contributed by atoms with Crippen LogP contribution in [0, 0.1) is 5.82 Å². The average molecular weight is 533 g/mol. The van der Waals surface area contributed by atoms with E-state index in [1.807, 2.05) is 10.9 Å². The van der Waals surface area contributed by atoms with Gasteiger partial charge in [-0.1, -0.05) is 0 Å². The van der Waals surface area contributed by atoms with Crippen molar-refractivity contribution in [2.24, 2.45) is 0 Å². The lowest BCUT2D eigenvalue weighted by Crippen LogP contribution is -2.22. The Morgan fingerprint density at radius 3 is 2.79 bits per heavy atom. The number of ether oxygens (including phenoxy) is 2. The molecule has 0 radical (unpaired) electrons. The summed E-state index contributed by atoms with van der Waals surface area (Å²) in [4.78, 5) is 25.6. The third-order valence-electron chi connectivity index (χ3n) is 7.15. The number of nitrogens with zero attached hydrogens (tertiary/aromatic N) is 3. The number of nitrogens with one attached hydrogen (secondary N) is 1. The first-order valence-electron chi connectivity index (χ1n) is 13.1. The molecule has 1 atom stereocenters. The molecule has 1 unspecified atom stereocenters. The highest BCUT2D eigenvalue weighted by Crippen LogP contribution is 2.37. The predicted octanol–water partition coefficient (Wildman–Crippen LogP) is 5.48. The first-order valence-corrected chi connectivity index (χ1v) is 13.1. The normalized spacial score (nSPS) is 17.4. The van der Waals surface area contributed by atoms with Gasteiger partial charge in [-0.05, 0) is 61.9 Å². The summed E-state index contributed by atoms with van der Waals surface area (Å²) in [7, 11) is 0. The Morgan fingerprint density at radius 2 is 2.05 bits per heavy atom. The fourth-order valence-corrected chi connectivity index (χ4v) is 4.95. The van der Waals surface area contributed by atoms with Gasteiger partial charge in [0.1, 0.15) is 5.75 Å². The number of halogens is 1. The molecule has 0 spiro atoms. The number of aromatic hydroxyl groups is 1. The third kappa shape index (κ3) is 5.17. The van der Waals surface area contributed by atoms with E-state index in [-0.39, 0.29) is 41.4 Å². The molecule has 202 valence electrons. The van der Waals surface area contributed by atoms with Crippen LogP contribution >= 0.6 is 0 Å². The zero-order valence-electron chi connectivity index (χ0n) is 21.5. The fourth-order valence-electron chi connectivity index (χ4n) is 4.95. The van der Waals surface area contributed by atoms with Crippen LogP contribution in [0.3, 0.4) is 0 Å². The van der Waals surface area contributed by atoms with Crippen molar-refractivity contribution in [1.82, 2.24) is 14.2 Å². The second kappa shape index (κ2) is 10.3. The molecule has 4 aromatic rings. The smallest absolute Gasteiger partial charge is 0.257 e. The number of amides is 1. The quantitative estimate of drug-likeness (QED) is 0.291. The van der Waals surface area contributed by atoms with E-state index in [0.717, 1.165) is 32.1 Å². The molecule has 1 saturated carbocycles. The van der Waals surface area contributed by atoms with Crippen LogP contribution in [-0.4, -0.2) is 43.9 Å². The maximum absolute atomic E-state index is 15.9. The first-order chi connectivity index (χ1) is 18.9. The number of fused-ring (bicyclic) bond motifs is 1. The molecule has 6 rings (SSSR count). The minimum Gasteiger partial charge on any atom is -0.508 e. The van der Waals surface area contributed by atoms with Gasteiger partial charge in [-0.2, -0.15) is 5.10 Å². The number of Topliss-reactive ketones (excluding diaryl/α,β-unsaturated/α-hetero) is 1. The standard InChI is InChI=1S/C29H29FN4O5/c1-17(35)25-13-23(26-12-21(36)7-8-33(25)26)29(37)32-24-11-18(16-39-27-4-2-3-9-38-27)10-22(28(24)30)19-14-31-34(15-19)20-5-6-20/h7-8,10-15,20,27,36H,2-6,9,16H2,1H3,(H,32,37). The van der Waals surface area contributed by atoms with Crippen molar-refractivity contribution >= 4 is 22.9 Å². The molecule has 1 saturated heterocycles. The van der Waals surface area contributed by atoms with Crippen molar-refractivity contribution in [2.75, 3.05) is 11.9 Å². The lowest BCUT2D eigenvalue weighted by molar-refractivity contribution is -0.168. The highest BCUT2D eigenvalue weighted by Gasteiger charge is 2.26. The number of aromatic nitrogens is 3. The Morgan fingerprint density at radius 1 is 1.21 bits per heavy atom. The Hall–Kier alpha value is -4.02. The molecule has 1 aliphatic heterocycles. The van der Waals surface area contributed by atoms with Crippen LogP contribution in [0.15, 0.2) is 48.9 Å². The van der Waals surface area contributed by atoms with Crippen LogP contribution in [0.2, 0.25) is 0 Å². The van der Waals surface area contributed by atoms with E-state index >= 15 is 4.39 Å². The number of anilines is 1. The van der Waals surface area contributed by atoms with Crippen LogP contribution in [0.1, 0.15) is 71.5 Å². The summed E-state index contributed by atoms with van der Waals surface area (Å²) in [5.41, 5.74) is 2.28. The van der Waals surface area contributed by atoms with Gasteiger partial charge in [-0.15, -0.1) is 0 Å². The molecule has 2 fully saturated rings. The topological polar surface area (TPSA) is 107 Å². The molecule has 1 aromatic carbocycles. The van der Waals surface area contributed by atoms with Crippen molar-refractivity contribution < 1.29 is 28.6 Å². The molecule has 4 heterocycles. The average Bonchev–Trinajstić information content (AvgIpc) is 3.53. The Labute approximate surface area is 224 Å². The molecule has 0 bridgehead atoms. The zero-order chi connectivity index (χ0) is 27.1. The van der Waals surface area contributed by atoms with E-state index < -0.39 is 11.7 Å². The summed E-state index contributed by atoms with van der Waals surface area (Å²) in [5, 5.41) is 17.1. The summed E-state index contributed by atoms with van der Waals surface area (Å²) >= 11 is 0. The number of hydrogen-bond donors (Lipinski definition) is 2. The third-order valence-corrected chi connectivity index (χ3v) is 7.15. The minimum absolute atomic E-state index is 0.0243. The van der Waals surface area contributed by atoms with Gasteiger partial charge in [-0.25, -0.2) is 4.39 Å². The van der Waals surface area contributed by atoms with Crippen molar-refractivity contribution in [3.8, 4) is 16.9 Å². The van der Waals surface area contributed by atoms with E-state index in [9.17, 15) is 14.7 Å². The van der Waals surface area contributed by atoms with Crippen LogP contribution in [0.5, 0.6) is 5.75 Å². The molecule has 10 heteroatoms. The highest BCUT2D eigenvalue weighted by molar-refractivity contribution is 6.11. The largest absolute Gasteiger partial charge is 0.508 e. The molecule has 1 aliphatic carbocycles. The van der Waals surface area contributed by atoms with E-state index in [1.54, 1.807) is 18.3 Å². The van der Waals surface area contributed by atoms with Gasteiger partial charge >= 0.3 is 0 Å². The van der Waals surface area contributed by atoms with Crippen LogP contribution in [0.25, 0.3) is 16.6 Å². The number of rotatable bonds is 8. The summed E-state index contributed by atoms with van der Waals surface area (Å²) in [6, 6.07) is 7.86. The SMILES string of the molecule is CC(=O)c1cc(C(=O)Nc2cc(COC3CCCCO3)cc(-c3cnn(C4CC4)c3)c2F)c2cc(O)ccn12. The molecular weight excluding hydrogens is 503 g/mol. The predicted molar refractivity (Wildman–Crippen MR) is 141 cm³/mol. The van der Waals surface area contributed by atoms with Crippen LogP contribution in [0.4, 0.5) is 10.1 Å². The first kappa shape index (κ1) is 25.3. The summed E-state index contributed by atoms with van der Waals surface area (Å²) in [5.74, 6) is -1.53. The van der Waals surface area contributed by atoms with Crippen molar-refractivity contribution in [1.29, 1.82) is 0 Å². The minimum atomic E-state index is -0.613. The Bertz CT molecular complexity index is 1570. The Balaban J connectivity index is 1.35. The maximum atomic E-state index is 15.9. The molecule has 3 aromatic heterocycles. The number of hydrogen-bond acceptors (Lipinski definition) is 6. The maximum Gasteiger partial charge on any atom is 0.257 e. The van der Waals surface area contributed by atoms with Crippen molar-refractivity contribution in [3.05, 3.63) is 71.6 Å². The molecule has 39 heavy (non-hydrogen) atoms. The van der Waals surface area contributed by atoms with Crippen LogP contribution < -0.4 is 5.32 Å². The monoisotopic (exact) mass is 532 g/mol. The van der Waals surface area contributed by atoms with Gasteiger partial charge in [0, 0.05) is 43.1 Å². The molecule has 9 nitrogen and oxygen atoms in total. The van der Waals surface area contributed by atoms with Crippen LogP contribution in [-0.2, 0) is 16.1 Å². The number of carbonyl (C=O) groups is 2. The summed E-state index contributed by atoms with van der Waals surface area (Å²) in [6.07, 6.45) is 9.53. The fraction of sp³-hybridized carbons (Fsp3) is 0.345. The molecule has 1 amide bonds. The van der Waals surface area contributed by atoms with E-state index in [0.29, 0.717) is 34.9 Å². The van der Waals surface area contributed by atoms with E-state index in [1.165, 1.54) is 35.7 Å². The van der Waals surface area contributed by atoms with Gasteiger partial charge in [-0.3, -0.25) is 14.3 Å². The molecule has 2 aliphatic rings. The Kier molecular flexibility index (Phi) is 6.66. The second-order valence-corrected chi connectivity index (χ2v) is 10.1. The van der Waals surface area contributed by atoms with Crippen molar-refractivity contribution in [3.63, 3.8) is 0 Å². The zero-order valence-corrected chi connectivity index (χ0v) is 21.5. The van der Waals surface area contributed by atoms with Gasteiger partial charge in [0.2, 0.25) is 0 Å². The van der Waals surface area contributed by atoms with E-state index in [2.05, 4.69) is 10.4 Å². The van der Waals surface area contributed by atoms with E-state index in [4.69, 9.17) is 9.47 Å². The number of pyridine rings is 1. The molecule has 2 N–H and O–H groups in total. The second-order valence-electron chi connectivity index (χ2n) is 10.1. The lowest BCUT2D eigenvalue weighted by atomic mass is 10.0. The highest BCUT2D eigenvalue weighted by atomic mass is 19.1. The van der Waals surface area contributed by atoms with Gasteiger partial charge in [0.25, 0.3) is 5.91 Å². The number of ketones is 1. The van der Waals surface area contributed by atoms with Gasteiger partial charge in [0.15, 0.2) is 17.9 Å².